The molecule has 0 unspecified atom stereocenters. The van der Waals surface area contributed by atoms with E-state index in [0.29, 0.717) is 22.5 Å². The second kappa shape index (κ2) is 7.83. The highest BCUT2D eigenvalue weighted by atomic mass is 16.1. The summed E-state index contributed by atoms with van der Waals surface area (Å²) in [5.41, 5.74) is 2.74. The molecule has 0 radical (unpaired) electrons. The molecule has 0 bridgehead atoms. The van der Waals surface area contributed by atoms with Gasteiger partial charge in [-0.2, -0.15) is 0 Å². The van der Waals surface area contributed by atoms with Crippen LogP contribution in [0, 0.1) is 52.3 Å². The normalized spacial score (nSPS) is 45.4. The Labute approximate surface area is 180 Å². The van der Waals surface area contributed by atoms with Crippen LogP contribution in [-0.4, -0.2) is 5.78 Å². The summed E-state index contributed by atoms with van der Waals surface area (Å²) in [4.78, 5) is 12.4. The summed E-state index contributed by atoms with van der Waals surface area (Å²) in [6.07, 6.45) is 15.7. The second-order valence-corrected chi connectivity index (χ2v) is 12.4. The maximum Gasteiger partial charge on any atom is 0.136 e. The first-order valence-corrected chi connectivity index (χ1v) is 12.9. The highest BCUT2D eigenvalue weighted by molar-refractivity contribution is 5.82. The van der Waals surface area contributed by atoms with Crippen LogP contribution in [0.3, 0.4) is 0 Å². The van der Waals surface area contributed by atoms with Crippen molar-refractivity contribution in [3.05, 3.63) is 11.6 Å². The van der Waals surface area contributed by atoms with Gasteiger partial charge in [0.1, 0.15) is 5.78 Å². The standard InChI is InChI=1S/C28H46O/c1-18(2)8-7-9-19(3)22-12-13-24-21-10-11-23-20(4)26(29)15-17-28(23,6)25(21)14-16-27(22,24)5/h10,18-20,22-25H,7-9,11-17H2,1-6H3/t19-,20+,22-,23+,24+,25+,27-,28+/m1/s1. The number of allylic oxidation sites excluding steroid dienone is 2. The van der Waals surface area contributed by atoms with Gasteiger partial charge in [-0.15, -0.1) is 0 Å². The van der Waals surface area contributed by atoms with Gasteiger partial charge >= 0.3 is 0 Å². The minimum Gasteiger partial charge on any atom is -0.299 e. The lowest BCUT2D eigenvalue weighted by atomic mass is 9.46. The van der Waals surface area contributed by atoms with E-state index in [-0.39, 0.29) is 5.92 Å². The first kappa shape index (κ1) is 21.6. The molecule has 29 heavy (non-hydrogen) atoms. The van der Waals surface area contributed by atoms with Gasteiger partial charge in [-0.3, -0.25) is 4.79 Å². The largest absolute Gasteiger partial charge is 0.299 e. The predicted octanol–water partition coefficient (Wildman–Crippen LogP) is 7.84. The molecule has 0 heterocycles. The van der Waals surface area contributed by atoms with Crippen LogP contribution in [0.25, 0.3) is 0 Å². The fourth-order valence-corrected chi connectivity index (χ4v) is 8.78. The molecular formula is C28H46O. The maximum absolute atomic E-state index is 12.4. The smallest absolute Gasteiger partial charge is 0.136 e. The molecule has 3 saturated carbocycles. The van der Waals surface area contributed by atoms with Crippen LogP contribution in [0.5, 0.6) is 0 Å². The molecule has 1 heteroatoms. The van der Waals surface area contributed by atoms with Gasteiger partial charge in [0.05, 0.1) is 0 Å². The molecule has 3 fully saturated rings. The number of rotatable bonds is 5. The van der Waals surface area contributed by atoms with Gasteiger partial charge in [-0.1, -0.05) is 72.5 Å². The number of hydrogen-bond acceptors (Lipinski definition) is 1. The Hall–Kier alpha value is -0.590. The molecule has 4 aliphatic carbocycles. The summed E-state index contributed by atoms with van der Waals surface area (Å²) in [7, 11) is 0. The van der Waals surface area contributed by atoms with Crippen LogP contribution in [-0.2, 0) is 4.79 Å². The number of hydrogen-bond donors (Lipinski definition) is 0. The lowest BCUT2D eigenvalue weighted by Crippen LogP contribution is -2.51. The van der Waals surface area contributed by atoms with Gasteiger partial charge in [-0.25, -0.2) is 0 Å². The van der Waals surface area contributed by atoms with Crippen LogP contribution in [0.4, 0.5) is 0 Å². The molecule has 0 N–H and O–H groups in total. The van der Waals surface area contributed by atoms with E-state index in [1.54, 1.807) is 0 Å². The van der Waals surface area contributed by atoms with E-state index < -0.39 is 0 Å². The van der Waals surface area contributed by atoms with E-state index in [2.05, 4.69) is 47.6 Å². The van der Waals surface area contributed by atoms with E-state index in [9.17, 15) is 4.79 Å². The molecule has 1 nitrogen and oxygen atoms in total. The topological polar surface area (TPSA) is 17.1 Å². The molecule has 0 saturated heterocycles. The van der Waals surface area contributed by atoms with Crippen LogP contribution in [0.1, 0.15) is 106 Å². The van der Waals surface area contributed by atoms with Gasteiger partial charge in [-0.05, 0) is 84.9 Å². The van der Waals surface area contributed by atoms with E-state index in [0.717, 1.165) is 48.9 Å². The van der Waals surface area contributed by atoms with Crippen LogP contribution in [0.15, 0.2) is 11.6 Å². The molecule has 4 rings (SSSR count). The van der Waals surface area contributed by atoms with Crippen molar-refractivity contribution in [1.82, 2.24) is 0 Å². The first-order chi connectivity index (χ1) is 13.7. The summed E-state index contributed by atoms with van der Waals surface area (Å²) in [5.74, 6) is 5.61. The number of Topliss-reactive ketones (excluding diaryl/α,β-unsaturated/α-hetero) is 1. The molecule has 0 aromatic carbocycles. The van der Waals surface area contributed by atoms with E-state index in [4.69, 9.17) is 0 Å². The zero-order chi connectivity index (χ0) is 21.0. The fraction of sp³-hybridized carbons (Fsp3) is 0.893. The first-order valence-electron chi connectivity index (χ1n) is 12.9. The van der Waals surface area contributed by atoms with E-state index in [1.807, 2.05) is 5.57 Å². The summed E-state index contributed by atoms with van der Waals surface area (Å²) >= 11 is 0. The highest BCUT2D eigenvalue weighted by Gasteiger charge is 2.59. The highest BCUT2D eigenvalue weighted by Crippen LogP contribution is 2.67. The molecule has 0 aromatic rings. The number of ketones is 1. The summed E-state index contributed by atoms with van der Waals surface area (Å²) < 4.78 is 0. The molecule has 8 atom stereocenters. The van der Waals surface area contributed by atoms with Gasteiger partial charge in [0, 0.05) is 12.3 Å². The van der Waals surface area contributed by atoms with Crippen LogP contribution < -0.4 is 0 Å². The minimum absolute atomic E-state index is 0.275. The van der Waals surface area contributed by atoms with Crippen molar-refractivity contribution in [1.29, 1.82) is 0 Å². The number of carbonyl (C=O) groups excluding carboxylic acids is 1. The van der Waals surface area contributed by atoms with Crippen molar-refractivity contribution in [2.75, 3.05) is 0 Å². The van der Waals surface area contributed by atoms with E-state index in [1.165, 1.54) is 44.9 Å². The third kappa shape index (κ3) is 3.47. The molecule has 0 aliphatic heterocycles. The lowest BCUT2D eigenvalue weighted by molar-refractivity contribution is -0.134. The van der Waals surface area contributed by atoms with E-state index >= 15 is 0 Å². The van der Waals surface area contributed by atoms with Crippen molar-refractivity contribution < 1.29 is 4.79 Å². The van der Waals surface area contributed by atoms with Gasteiger partial charge in [0.25, 0.3) is 0 Å². The van der Waals surface area contributed by atoms with Crippen molar-refractivity contribution in [2.24, 2.45) is 52.3 Å². The molecular weight excluding hydrogens is 352 g/mol. The van der Waals surface area contributed by atoms with Crippen LogP contribution in [0.2, 0.25) is 0 Å². The van der Waals surface area contributed by atoms with Crippen molar-refractivity contribution in [2.45, 2.75) is 106 Å². The summed E-state index contributed by atoms with van der Waals surface area (Å²) in [5, 5.41) is 0. The Balaban J connectivity index is 1.53. The zero-order valence-electron chi connectivity index (χ0n) is 20.1. The third-order valence-electron chi connectivity index (χ3n) is 10.6. The van der Waals surface area contributed by atoms with Crippen LogP contribution >= 0.6 is 0 Å². The Morgan fingerprint density at radius 2 is 1.72 bits per heavy atom. The van der Waals surface area contributed by atoms with Crippen molar-refractivity contribution >= 4 is 5.78 Å². The average Bonchev–Trinajstić information content (AvgIpc) is 3.02. The SMILES string of the molecule is CC(C)CCC[C@@H](C)[C@H]1CC[C@H]2C3=CC[C@H]4[C@H](C)C(=O)CC[C@]4(C)[C@H]3CC[C@]12C. The molecule has 0 aromatic heterocycles. The second-order valence-electron chi connectivity index (χ2n) is 12.4. The minimum atomic E-state index is 0.275. The quantitative estimate of drug-likeness (QED) is 0.431. The summed E-state index contributed by atoms with van der Waals surface area (Å²) in [6, 6.07) is 0. The maximum atomic E-state index is 12.4. The van der Waals surface area contributed by atoms with Crippen molar-refractivity contribution in [3.63, 3.8) is 0 Å². The van der Waals surface area contributed by atoms with Gasteiger partial charge in [0.15, 0.2) is 0 Å². The molecule has 0 spiro atoms. The Morgan fingerprint density at radius 1 is 1.00 bits per heavy atom. The molecule has 0 amide bonds. The molecule has 4 aliphatic rings. The molecule has 164 valence electrons. The summed E-state index contributed by atoms with van der Waals surface area (Å²) in [6.45, 7) is 14.7. The Bertz CT molecular complexity index is 659. The Morgan fingerprint density at radius 3 is 2.45 bits per heavy atom. The number of carbonyl (C=O) groups is 1. The fourth-order valence-electron chi connectivity index (χ4n) is 8.78. The lowest BCUT2D eigenvalue weighted by Gasteiger charge is -2.58. The zero-order valence-corrected chi connectivity index (χ0v) is 20.1. The monoisotopic (exact) mass is 398 g/mol. The van der Waals surface area contributed by atoms with Gasteiger partial charge < -0.3 is 0 Å². The third-order valence-corrected chi connectivity index (χ3v) is 10.6. The van der Waals surface area contributed by atoms with Crippen molar-refractivity contribution in [3.8, 4) is 0 Å². The average molecular weight is 399 g/mol. The Kier molecular flexibility index (Phi) is 5.84. The van der Waals surface area contributed by atoms with Gasteiger partial charge in [0.2, 0.25) is 0 Å². The number of fused-ring (bicyclic) bond motifs is 5. The predicted molar refractivity (Wildman–Crippen MR) is 123 cm³/mol.